The minimum atomic E-state index is 0.0999. The number of nitrogens with one attached hydrogen (secondary N) is 1. The number of likely N-dealkylation sites (tertiary alicyclic amines) is 1. The van der Waals surface area contributed by atoms with Gasteiger partial charge in [-0.25, -0.2) is 0 Å². The molecule has 86 valence electrons. The van der Waals surface area contributed by atoms with Crippen LogP contribution in [0.25, 0.3) is 0 Å². The lowest BCUT2D eigenvalue weighted by Crippen LogP contribution is -2.35. The van der Waals surface area contributed by atoms with Crippen molar-refractivity contribution in [3.8, 4) is 0 Å². The van der Waals surface area contributed by atoms with E-state index in [0.717, 1.165) is 31.6 Å². The van der Waals surface area contributed by atoms with E-state index in [2.05, 4.69) is 10.2 Å². The number of hydrogen-bond donors (Lipinski definition) is 1. The largest absolute Gasteiger partial charge is 0.337 e. The molecule has 1 aromatic heterocycles. The van der Waals surface area contributed by atoms with E-state index in [0.29, 0.717) is 11.6 Å². The summed E-state index contributed by atoms with van der Waals surface area (Å²) in [6.07, 6.45) is 5.98. The second-order valence-corrected chi connectivity index (χ2v) is 4.84. The number of carbonyl (C=O) groups excluding carboxylic acids is 1. The molecule has 4 heteroatoms. The molecule has 3 rings (SSSR count). The van der Waals surface area contributed by atoms with Gasteiger partial charge in [0.2, 0.25) is 0 Å². The molecule has 2 aliphatic rings. The van der Waals surface area contributed by atoms with E-state index in [1.54, 1.807) is 0 Å². The fraction of sp³-hybridized carbons (Fsp3) is 0.667. The monoisotopic (exact) mass is 219 g/mol. The molecule has 0 aromatic carbocycles. The van der Waals surface area contributed by atoms with E-state index in [9.17, 15) is 4.79 Å². The van der Waals surface area contributed by atoms with Gasteiger partial charge in [-0.1, -0.05) is 0 Å². The van der Waals surface area contributed by atoms with Gasteiger partial charge in [-0.15, -0.1) is 0 Å². The highest BCUT2D eigenvalue weighted by Crippen LogP contribution is 2.39. The Morgan fingerprint density at radius 3 is 2.75 bits per heavy atom. The molecule has 1 aromatic rings. The number of hydrogen-bond acceptors (Lipinski definition) is 2. The fourth-order valence-corrected chi connectivity index (χ4v) is 2.31. The van der Waals surface area contributed by atoms with Gasteiger partial charge >= 0.3 is 0 Å². The zero-order valence-electron chi connectivity index (χ0n) is 9.41. The molecule has 1 aliphatic carbocycles. The summed E-state index contributed by atoms with van der Waals surface area (Å²) in [4.78, 5) is 14.0. The normalized spacial score (nSPS) is 21.1. The van der Waals surface area contributed by atoms with Gasteiger partial charge < -0.3 is 4.90 Å². The summed E-state index contributed by atoms with van der Waals surface area (Å²) in [6.45, 7) is 1.79. The van der Waals surface area contributed by atoms with Gasteiger partial charge in [0.1, 0.15) is 5.69 Å². The summed E-state index contributed by atoms with van der Waals surface area (Å²) in [6, 6.07) is 1.94. The third kappa shape index (κ3) is 1.84. The van der Waals surface area contributed by atoms with Crippen LogP contribution in [0, 0.1) is 0 Å². The minimum absolute atomic E-state index is 0.0999. The standard InChI is InChI=1S/C12H17N3O/c16-12(15-6-2-1-3-7-15)11-8-10(13-14-11)9-4-5-9/h8-9H,1-7H2,(H,13,14). The van der Waals surface area contributed by atoms with Gasteiger partial charge in [-0.05, 0) is 38.2 Å². The first-order chi connectivity index (χ1) is 7.84. The van der Waals surface area contributed by atoms with Crippen LogP contribution >= 0.6 is 0 Å². The first kappa shape index (κ1) is 9.87. The van der Waals surface area contributed by atoms with Crippen molar-refractivity contribution in [2.75, 3.05) is 13.1 Å². The van der Waals surface area contributed by atoms with E-state index in [4.69, 9.17) is 0 Å². The smallest absolute Gasteiger partial charge is 0.274 e. The average molecular weight is 219 g/mol. The van der Waals surface area contributed by atoms with Crippen molar-refractivity contribution in [2.24, 2.45) is 0 Å². The number of piperidine rings is 1. The van der Waals surface area contributed by atoms with Crippen LogP contribution in [0.1, 0.15) is 54.2 Å². The zero-order chi connectivity index (χ0) is 11.0. The quantitative estimate of drug-likeness (QED) is 0.826. The van der Waals surface area contributed by atoms with Crippen molar-refractivity contribution in [3.05, 3.63) is 17.5 Å². The van der Waals surface area contributed by atoms with E-state index < -0.39 is 0 Å². The maximum absolute atomic E-state index is 12.1. The number of nitrogens with zero attached hydrogens (tertiary/aromatic N) is 2. The summed E-state index contributed by atoms with van der Waals surface area (Å²) in [5.74, 6) is 0.734. The van der Waals surface area contributed by atoms with Crippen molar-refractivity contribution >= 4 is 5.91 Å². The highest BCUT2D eigenvalue weighted by atomic mass is 16.2. The highest BCUT2D eigenvalue weighted by Gasteiger charge is 2.27. The maximum Gasteiger partial charge on any atom is 0.274 e. The Hall–Kier alpha value is -1.32. The lowest BCUT2D eigenvalue weighted by atomic mass is 10.1. The van der Waals surface area contributed by atoms with Crippen LogP contribution in [-0.4, -0.2) is 34.1 Å². The molecule has 1 aliphatic heterocycles. The molecule has 1 N–H and O–H groups in total. The molecule has 0 spiro atoms. The Morgan fingerprint density at radius 1 is 1.31 bits per heavy atom. The molecule has 4 nitrogen and oxygen atoms in total. The van der Waals surface area contributed by atoms with E-state index in [1.807, 2.05) is 11.0 Å². The zero-order valence-corrected chi connectivity index (χ0v) is 9.41. The SMILES string of the molecule is O=C(c1cc(C2CC2)[nH]n1)N1CCCCC1. The molecular weight excluding hydrogens is 202 g/mol. The Morgan fingerprint density at radius 2 is 2.06 bits per heavy atom. The molecule has 0 unspecified atom stereocenters. The average Bonchev–Trinajstić information content (AvgIpc) is 3.08. The van der Waals surface area contributed by atoms with Crippen molar-refractivity contribution in [3.63, 3.8) is 0 Å². The van der Waals surface area contributed by atoms with Gasteiger partial charge in [0.25, 0.3) is 5.91 Å². The number of rotatable bonds is 2. The second-order valence-electron chi connectivity index (χ2n) is 4.84. The topological polar surface area (TPSA) is 49.0 Å². The van der Waals surface area contributed by atoms with Gasteiger partial charge in [-0.3, -0.25) is 9.89 Å². The Bertz CT molecular complexity index is 389. The van der Waals surface area contributed by atoms with Crippen LogP contribution in [0.4, 0.5) is 0 Å². The van der Waals surface area contributed by atoms with Gasteiger partial charge in [0, 0.05) is 24.7 Å². The number of aromatic nitrogens is 2. The molecule has 2 heterocycles. The van der Waals surface area contributed by atoms with Gasteiger partial charge in [0.05, 0.1) is 0 Å². The van der Waals surface area contributed by atoms with Crippen LogP contribution in [0.2, 0.25) is 0 Å². The van der Waals surface area contributed by atoms with E-state index in [-0.39, 0.29) is 5.91 Å². The molecule has 0 radical (unpaired) electrons. The highest BCUT2D eigenvalue weighted by molar-refractivity contribution is 5.92. The Kier molecular flexibility index (Phi) is 2.42. The van der Waals surface area contributed by atoms with Crippen LogP contribution in [0.15, 0.2) is 6.07 Å². The molecule has 16 heavy (non-hydrogen) atoms. The Labute approximate surface area is 95.0 Å². The maximum atomic E-state index is 12.1. The van der Waals surface area contributed by atoms with Crippen LogP contribution in [0.5, 0.6) is 0 Å². The molecule has 1 saturated heterocycles. The summed E-state index contributed by atoms with van der Waals surface area (Å²) in [7, 11) is 0. The third-order valence-electron chi connectivity index (χ3n) is 3.48. The van der Waals surface area contributed by atoms with Crippen molar-refractivity contribution in [1.29, 1.82) is 0 Å². The van der Waals surface area contributed by atoms with Crippen molar-refractivity contribution in [2.45, 2.75) is 38.0 Å². The Balaban J connectivity index is 1.71. The lowest BCUT2D eigenvalue weighted by molar-refractivity contribution is 0.0718. The van der Waals surface area contributed by atoms with E-state index in [1.165, 1.54) is 19.3 Å². The second kappa shape index (κ2) is 3.92. The number of carbonyl (C=O) groups is 1. The molecule has 0 bridgehead atoms. The molecular formula is C12H17N3O. The summed E-state index contributed by atoms with van der Waals surface area (Å²) in [5.41, 5.74) is 1.74. The van der Waals surface area contributed by atoms with E-state index >= 15 is 0 Å². The summed E-state index contributed by atoms with van der Waals surface area (Å²) >= 11 is 0. The first-order valence-corrected chi connectivity index (χ1v) is 6.19. The van der Waals surface area contributed by atoms with Crippen LogP contribution < -0.4 is 0 Å². The van der Waals surface area contributed by atoms with Gasteiger partial charge in [0.15, 0.2) is 0 Å². The van der Waals surface area contributed by atoms with Crippen molar-refractivity contribution < 1.29 is 4.79 Å². The minimum Gasteiger partial charge on any atom is -0.337 e. The summed E-state index contributed by atoms with van der Waals surface area (Å²) < 4.78 is 0. The predicted octanol–water partition coefficient (Wildman–Crippen LogP) is 1.91. The van der Waals surface area contributed by atoms with Crippen LogP contribution in [0.3, 0.4) is 0 Å². The molecule has 2 fully saturated rings. The summed E-state index contributed by atoms with van der Waals surface area (Å²) in [5, 5.41) is 7.13. The van der Waals surface area contributed by atoms with Gasteiger partial charge in [-0.2, -0.15) is 5.10 Å². The molecule has 0 atom stereocenters. The predicted molar refractivity (Wildman–Crippen MR) is 60.3 cm³/mol. The lowest BCUT2D eigenvalue weighted by Gasteiger charge is -2.25. The number of aromatic amines is 1. The number of amides is 1. The third-order valence-corrected chi connectivity index (χ3v) is 3.48. The van der Waals surface area contributed by atoms with Crippen molar-refractivity contribution in [1.82, 2.24) is 15.1 Å². The van der Waals surface area contributed by atoms with Crippen LogP contribution in [-0.2, 0) is 0 Å². The molecule has 1 saturated carbocycles. The number of H-pyrrole nitrogens is 1. The first-order valence-electron chi connectivity index (χ1n) is 6.19. The molecule has 1 amide bonds. The fourth-order valence-electron chi connectivity index (χ4n) is 2.31.